The van der Waals surface area contributed by atoms with E-state index in [-0.39, 0.29) is 0 Å². The highest BCUT2D eigenvalue weighted by molar-refractivity contribution is 7.89. The zero-order valence-corrected chi connectivity index (χ0v) is 18.4. The lowest BCUT2D eigenvalue weighted by Crippen LogP contribution is -2.49. The summed E-state index contributed by atoms with van der Waals surface area (Å²) in [6.45, 7) is 8.05. The number of thiophene rings is 1. The summed E-state index contributed by atoms with van der Waals surface area (Å²) in [5.41, 5.74) is 3.04. The summed E-state index contributed by atoms with van der Waals surface area (Å²) in [6.07, 6.45) is 0. The van der Waals surface area contributed by atoms with Gasteiger partial charge in [0.25, 0.3) is 0 Å². The maximum absolute atomic E-state index is 13.0. The molecular weight excluding hydrogens is 404 g/mol. The van der Waals surface area contributed by atoms with Crippen LogP contribution in [-0.4, -0.2) is 48.9 Å². The molecule has 152 valence electrons. The van der Waals surface area contributed by atoms with E-state index in [9.17, 15) is 8.42 Å². The third-order valence-corrected chi connectivity index (χ3v) is 8.08. The summed E-state index contributed by atoms with van der Waals surface area (Å²) in [5, 5.41) is 2.02. The Hall–Kier alpha value is -2.29. The van der Waals surface area contributed by atoms with Crippen molar-refractivity contribution in [2.24, 2.45) is 0 Å². The summed E-state index contributed by atoms with van der Waals surface area (Å²) in [4.78, 5) is 13.0. The third kappa shape index (κ3) is 3.92. The molecule has 1 saturated heterocycles. The number of anilines is 1. The van der Waals surface area contributed by atoms with Crippen LogP contribution < -0.4 is 4.90 Å². The molecule has 1 aromatic carbocycles. The maximum Gasteiger partial charge on any atom is 0.243 e. The molecule has 6 nitrogen and oxygen atoms in total. The lowest BCUT2D eigenvalue weighted by Gasteiger charge is -2.35. The van der Waals surface area contributed by atoms with E-state index in [4.69, 9.17) is 4.98 Å². The zero-order valence-electron chi connectivity index (χ0n) is 16.8. The van der Waals surface area contributed by atoms with Crippen LogP contribution in [0.25, 0.3) is 10.7 Å². The van der Waals surface area contributed by atoms with Crippen LogP contribution in [0.2, 0.25) is 0 Å². The van der Waals surface area contributed by atoms with Crippen molar-refractivity contribution in [3.05, 3.63) is 58.6 Å². The van der Waals surface area contributed by atoms with Crippen molar-refractivity contribution in [3.63, 3.8) is 0 Å². The minimum atomic E-state index is -3.47. The molecule has 3 aromatic rings. The predicted molar refractivity (Wildman–Crippen MR) is 117 cm³/mol. The van der Waals surface area contributed by atoms with Crippen LogP contribution in [0.4, 0.5) is 5.82 Å². The Morgan fingerprint density at radius 2 is 1.62 bits per heavy atom. The predicted octanol–water partition coefficient (Wildman–Crippen LogP) is 3.64. The fourth-order valence-electron chi connectivity index (χ4n) is 3.44. The molecule has 1 aliphatic rings. The zero-order chi connectivity index (χ0) is 20.6. The largest absolute Gasteiger partial charge is 0.354 e. The average molecular weight is 429 g/mol. The monoisotopic (exact) mass is 428 g/mol. The SMILES string of the molecule is Cc1ccc(S(=O)(=O)N2CCN(c3nc(-c4cccs4)nc(C)c3C)CC2)cc1. The molecular formula is C21H24N4O2S2. The van der Waals surface area contributed by atoms with Crippen molar-refractivity contribution in [3.8, 4) is 10.7 Å². The van der Waals surface area contributed by atoms with E-state index >= 15 is 0 Å². The second-order valence-electron chi connectivity index (χ2n) is 7.26. The van der Waals surface area contributed by atoms with Gasteiger partial charge in [-0.05, 0) is 44.4 Å². The van der Waals surface area contributed by atoms with Gasteiger partial charge >= 0.3 is 0 Å². The van der Waals surface area contributed by atoms with E-state index < -0.39 is 10.0 Å². The van der Waals surface area contributed by atoms with E-state index in [2.05, 4.69) is 9.88 Å². The molecule has 0 spiro atoms. The highest BCUT2D eigenvalue weighted by Gasteiger charge is 2.29. The molecule has 0 N–H and O–H groups in total. The van der Waals surface area contributed by atoms with E-state index in [0.717, 1.165) is 33.3 Å². The van der Waals surface area contributed by atoms with Gasteiger partial charge in [-0.25, -0.2) is 18.4 Å². The molecule has 0 saturated carbocycles. The molecule has 0 bridgehead atoms. The lowest BCUT2D eigenvalue weighted by atomic mass is 10.2. The fraction of sp³-hybridized carbons (Fsp3) is 0.333. The van der Waals surface area contributed by atoms with Gasteiger partial charge in [0, 0.05) is 37.4 Å². The average Bonchev–Trinajstić information content (AvgIpc) is 3.25. The highest BCUT2D eigenvalue weighted by Crippen LogP contribution is 2.28. The van der Waals surface area contributed by atoms with E-state index in [1.54, 1.807) is 27.8 Å². The van der Waals surface area contributed by atoms with Crippen molar-refractivity contribution >= 4 is 27.2 Å². The summed E-state index contributed by atoms with van der Waals surface area (Å²) < 4.78 is 27.5. The van der Waals surface area contributed by atoms with Gasteiger partial charge in [-0.1, -0.05) is 23.8 Å². The molecule has 1 fully saturated rings. The van der Waals surface area contributed by atoms with Crippen molar-refractivity contribution in [1.82, 2.24) is 14.3 Å². The minimum absolute atomic E-state index is 0.352. The summed E-state index contributed by atoms with van der Waals surface area (Å²) >= 11 is 1.62. The number of aryl methyl sites for hydroxylation is 2. The van der Waals surface area contributed by atoms with Crippen LogP contribution in [0.3, 0.4) is 0 Å². The number of hydrogen-bond donors (Lipinski definition) is 0. The van der Waals surface area contributed by atoms with Crippen LogP contribution in [0, 0.1) is 20.8 Å². The van der Waals surface area contributed by atoms with E-state index in [1.165, 1.54) is 0 Å². The van der Waals surface area contributed by atoms with Gasteiger partial charge in [0.2, 0.25) is 10.0 Å². The molecule has 3 heterocycles. The Bertz CT molecular complexity index is 1100. The molecule has 2 aromatic heterocycles. The summed E-state index contributed by atoms with van der Waals surface area (Å²) in [6, 6.07) is 11.0. The van der Waals surface area contributed by atoms with Crippen molar-refractivity contribution in [1.29, 1.82) is 0 Å². The number of aromatic nitrogens is 2. The fourth-order valence-corrected chi connectivity index (χ4v) is 5.52. The highest BCUT2D eigenvalue weighted by atomic mass is 32.2. The van der Waals surface area contributed by atoms with Gasteiger partial charge in [-0.2, -0.15) is 4.31 Å². The van der Waals surface area contributed by atoms with Gasteiger partial charge in [0.15, 0.2) is 5.82 Å². The quantitative estimate of drug-likeness (QED) is 0.635. The topological polar surface area (TPSA) is 66.4 Å². The first-order valence-electron chi connectivity index (χ1n) is 9.57. The van der Waals surface area contributed by atoms with Crippen molar-refractivity contribution in [2.75, 3.05) is 31.1 Å². The Morgan fingerprint density at radius 3 is 2.24 bits per heavy atom. The number of nitrogens with zero attached hydrogens (tertiary/aromatic N) is 4. The number of piperazine rings is 1. The maximum atomic E-state index is 13.0. The summed E-state index contributed by atoms with van der Waals surface area (Å²) in [5.74, 6) is 1.63. The number of benzene rings is 1. The third-order valence-electron chi connectivity index (χ3n) is 5.30. The van der Waals surface area contributed by atoms with Crippen LogP contribution in [0.5, 0.6) is 0 Å². The minimum Gasteiger partial charge on any atom is -0.354 e. The van der Waals surface area contributed by atoms with Crippen LogP contribution in [-0.2, 0) is 10.0 Å². The van der Waals surface area contributed by atoms with Gasteiger partial charge in [-0.3, -0.25) is 0 Å². The van der Waals surface area contributed by atoms with Gasteiger partial charge < -0.3 is 4.90 Å². The van der Waals surface area contributed by atoms with Gasteiger partial charge in [0.1, 0.15) is 5.82 Å². The molecule has 0 atom stereocenters. The van der Waals surface area contributed by atoms with Gasteiger partial charge in [-0.15, -0.1) is 11.3 Å². The van der Waals surface area contributed by atoms with Crippen molar-refractivity contribution in [2.45, 2.75) is 25.7 Å². The molecule has 0 amide bonds. The number of hydrogen-bond acceptors (Lipinski definition) is 6. The normalized spacial score (nSPS) is 15.6. The lowest BCUT2D eigenvalue weighted by molar-refractivity contribution is 0.383. The van der Waals surface area contributed by atoms with E-state index in [1.807, 2.05) is 50.4 Å². The van der Waals surface area contributed by atoms with Gasteiger partial charge in [0.05, 0.1) is 9.77 Å². The molecule has 0 aliphatic carbocycles. The standard InChI is InChI=1S/C21H24N4O2S2/c1-15-6-8-18(9-7-15)29(26,27)25-12-10-24(11-13-25)21-16(2)17(3)22-20(23-21)19-5-4-14-28-19/h4-9,14H,10-13H2,1-3H3. The second-order valence-corrected chi connectivity index (χ2v) is 10.1. The van der Waals surface area contributed by atoms with Crippen LogP contribution in [0.1, 0.15) is 16.8 Å². The van der Waals surface area contributed by atoms with Crippen molar-refractivity contribution < 1.29 is 8.42 Å². The molecule has 1 aliphatic heterocycles. The first-order chi connectivity index (χ1) is 13.9. The first-order valence-corrected chi connectivity index (χ1v) is 11.9. The molecule has 4 rings (SSSR count). The van der Waals surface area contributed by atoms with E-state index in [0.29, 0.717) is 31.1 Å². The molecule has 29 heavy (non-hydrogen) atoms. The first kappa shape index (κ1) is 20.0. The smallest absolute Gasteiger partial charge is 0.243 e. The number of rotatable bonds is 4. The molecule has 8 heteroatoms. The Kier molecular flexibility index (Phi) is 5.42. The molecule has 0 radical (unpaired) electrons. The Balaban J connectivity index is 1.55. The van der Waals surface area contributed by atoms with Crippen LogP contribution >= 0.6 is 11.3 Å². The summed E-state index contributed by atoms with van der Waals surface area (Å²) in [7, 11) is -3.47. The number of sulfonamides is 1. The Labute approximate surface area is 175 Å². The molecule has 0 unspecified atom stereocenters. The second kappa shape index (κ2) is 7.85. The van der Waals surface area contributed by atoms with Crippen LogP contribution in [0.15, 0.2) is 46.7 Å². The Morgan fingerprint density at radius 1 is 0.931 bits per heavy atom.